The first-order chi connectivity index (χ1) is 11.3. The Morgan fingerprint density at radius 1 is 1.30 bits per heavy atom. The Kier molecular flexibility index (Phi) is 3.46. The van der Waals surface area contributed by atoms with Gasteiger partial charge in [0, 0.05) is 12.0 Å². The topological polar surface area (TPSA) is 57.0 Å². The predicted octanol–water partition coefficient (Wildman–Crippen LogP) is 3.53. The molecule has 1 atom stereocenters. The number of nitrogens with zero attached hydrogens (tertiary/aromatic N) is 3. The molecule has 0 N–H and O–H groups in total. The van der Waals surface area contributed by atoms with E-state index in [-0.39, 0.29) is 12.0 Å². The van der Waals surface area contributed by atoms with Gasteiger partial charge in [0.1, 0.15) is 5.69 Å². The van der Waals surface area contributed by atoms with E-state index in [0.717, 1.165) is 21.8 Å². The highest BCUT2D eigenvalue weighted by atomic mass is 32.1. The molecule has 5 nitrogen and oxygen atoms in total. The van der Waals surface area contributed by atoms with Crippen LogP contribution in [0.15, 0.2) is 41.8 Å². The molecule has 6 heteroatoms. The Labute approximate surface area is 137 Å². The molecule has 2 aromatic heterocycles. The van der Waals surface area contributed by atoms with Gasteiger partial charge in [-0.2, -0.15) is 0 Å². The Morgan fingerprint density at radius 3 is 2.96 bits per heavy atom. The van der Waals surface area contributed by atoms with Crippen molar-refractivity contribution in [3.63, 3.8) is 0 Å². The van der Waals surface area contributed by atoms with Crippen LogP contribution < -0.4 is 0 Å². The molecule has 1 aromatic carbocycles. The molecule has 1 aliphatic rings. The van der Waals surface area contributed by atoms with Crippen LogP contribution >= 0.6 is 11.3 Å². The molecule has 0 bridgehead atoms. The largest absolute Gasteiger partial charge is 0.469 e. The van der Waals surface area contributed by atoms with Crippen molar-refractivity contribution in [2.75, 3.05) is 7.11 Å². The number of benzene rings is 1. The van der Waals surface area contributed by atoms with Gasteiger partial charge in [0.25, 0.3) is 0 Å². The molecule has 0 spiro atoms. The molecule has 0 saturated heterocycles. The fraction of sp³-hybridized carbons (Fsp3) is 0.235. The number of ether oxygens (including phenoxy) is 1. The van der Waals surface area contributed by atoms with Crippen LogP contribution in [0.1, 0.15) is 24.4 Å². The summed E-state index contributed by atoms with van der Waals surface area (Å²) in [5.41, 5.74) is 4.29. The lowest BCUT2D eigenvalue weighted by molar-refractivity contribution is -0.140. The lowest BCUT2D eigenvalue weighted by atomic mass is 9.99. The van der Waals surface area contributed by atoms with Crippen molar-refractivity contribution >= 4 is 17.3 Å². The van der Waals surface area contributed by atoms with Gasteiger partial charge < -0.3 is 4.74 Å². The number of carbonyl (C=O) groups is 1. The van der Waals surface area contributed by atoms with E-state index in [2.05, 4.69) is 28.5 Å². The van der Waals surface area contributed by atoms with E-state index in [1.54, 1.807) is 11.3 Å². The second kappa shape index (κ2) is 5.62. The Balaban J connectivity index is 1.79. The van der Waals surface area contributed by atoms with Crippen LogP contribution in [0.2, 0.25) is 0 Å². The Hall–Kier alpha value is -2.47. The minimum absolute atomic E-state index is 0.0292. The summed E-state index contributed by atoms with van der Waals surface area (Å²) >= 11 is 1.65. The molecule has 3 aromatic rings. The number of esters is 1. The first-order valence-electron chi connectivity index (χ1n) is 7.44. The van der Waals surface area contributed by atoms with Crippen molar-refractivity contribution in [2.45, 2.75) is 18.9 Å². The van der Waals surface area contributed by atoms with E-state index in [4.69, 9.17) is 4.74 Å². The fourth-order valence-corrected chi connectivity index (χ4v) is 3.82. The van der Waals surface area contributed by atoms with Crippen molar-refractivity contribution in [2.24, 2.45) is 0 Å². The SMILES string of the molecule is COC(=O)CCC1c2ccccc2-c2c(-c3cccs3)nnn21. The smallest absolute Gasteiger partial charge is 0.305 e. The number of hydrogen-bond donors (Lipinski definition) is 0. The molecule has 0 aliphatic carbocycles. The minimum Gasteiger partial charge on any atom is -0.469 e. The molecule has 0 fully saturated rings. The third-order valence-corrected chi connectivity index (χ3v) is 5.05. The van der Waals surface area contributed by atoms with Gasteiger partial charge in [-0.3, -0.25) is 4.79 Å². The second-order valence-electron chi connectivity index (χ2n) is 5.43. The van der Waals surface area contributed by atoms with Gasteiger partial charge in [-0.15, -0.1) is 16.4 Å². The molecule has 23 heavy (non-hydrogen) atoms. The van der Waals surface area contributed by atoms with E-state index in [1.165, 1.54) is 12.7 Å². The number of rotatable bonds is 4. The summed E-state index contributed by atoms with van der Waals surface area (Å²) in [6, 6.07) is 12.3. The van der Waals surface area contributed by atoms with E-state index in [1.807, 2.05) is 28.3 Å². The zero-order valence-electron chi connectivity index (χ0n) is 12.6. The molecule has 3 heterocycles. The van der Waals surface area contributed by atoms with Gasteiger partial charge in [-0.25, -0.2) is 4.68 Å². The summed E-state index contributed by atoms with van der Waals surface area (Å²) in [5.74, 6) is -0.200. The summed E-state index contributed by atoms with van der Waals surface area (Å²) in [5, 5.41) is 10.8. The fourth-order valence-electron chi connectivity index (χ4n) is 3.11. The second-order valence-corrected chi connectivity index (χ2v) is 6.37. The summed E-state index contributed by atoms with van der Waals surface area (Å²) in [6.07, 6.45) is 1.02. The van der Waals surface area contributed by atoms with Crippen LogP contribution in [-0.4, -0.2) is 28.1 Å². The van der Waals surface area contributed by atoms with Crippen LogP contribution in [-0.2, 0) is 9.53 Å². The maximum Gasteiger partial charge on any atom is 0.305 e. The average molecular weight is 325 g/mol. The van der Waals surface area contributed by atoms with Gasteiger partial charge >= 0.3 is 5.97 Å². The van der Waals surface area contributed by atoms with Gasteiger partial charge in [0.2, 0.25) is 0 Å². The van der Waals surface area contributed by atoms with Gasteiger partial charge in [-0.1, -0.05) is 35.5 Å². The zero-order chi connectivity index (χ0) is 15.8. The van der Waals surface area contributed by atoms with Gasteiger partial charge in [0.05, 0.1) is 23.7 Å². The van der Waals surface area contributed by atoms with E-state index in [9.17, 15) is 4.79 Å². The third-order valence-electron chi connectivity index (χ3n) is 4.17. The molecule has 1 aliphatic heterocycles. The number of hydrogen-bond acceptors (Lipinski definition) is 5. The summed E-state index contributed by atoms with van der Waals surface area (Å²) < 4.78 is 6.71. The molecular weight excluding hydrogens is 310 g/mol. The number of thiophene rings is 1. The lowest BCUT2D eigenvalue weighted by Crippen LogP contribution is -2.11. The number of aromatic nitrogens is 3. The normalized spacial score (nSPS) is 15.3. The van der Waals surface area contributed by atoms with E-state index in [0.29, 0.717) is 12.8 Å². The van der Waals surface area contributed by atoms with E-state index >= 15 is 0 Å². The molecule has 4 rings (SSSR count). The molecule has 1 unspecified atom stereocenters. The third kappa shape index (κ3) is 2.26. The maximum atomic E-state index is 11.5. The summed E-state index contributed by atoms with van der Waals surface area (Å²) in [6.45, 7) is 0. The van der Waals surface area contributed by atoms with Crippen LogP contribution in [0.25, 0.3) is 21.8 Å². The van der Waals surface area contributed by atoms with Crippen molar-refractivity contribution in [3.05, 3.63) is 47.3 Å². The minimum atomic E-state index is -0.200. The van der Waals surface area contributed by atoms with Crippen molar-refractivity contribution in [3.8, 4) is 21.8 Å². The first-order valence-corrected chi connectivity index (χ1v) is 8.32. The van der Waals surface area contributed by atoms with E-state index < -0.39 is 0 Å². The monoisotopic (exact) mass is 325 g/mol. The number of carbonyl (C=O) groups excluding carboxylic acids is 1. The van der Waals surface area contributed by atoms with Crippen molar-refractivity contribution in [1.82, 2.24) is 15.0 Å². The Bertz CT molecular complexity index is 855. The number of methoxy groups -OCH3 is 1. The quantitative estimate of drug-likeness (QED) is 0.689. The van der Waals surface area contributed by atoms with Crippen LogP contribution in [0.3, 0.4) is 0 Å². The Morgan fingerprint density at radius 2 is 2.17 bits per heavy atom. The average Bonchev–Trinajstić information content (AvgIpc) is 3.29. The molecule has 0 amide bonds. The highest BCUT2D eigenvalue weighted by Crippen LogP contribution is 2.45. The lowest BCUT2D eigenvalue weighted by Gasteiger charge is -2.12. The van der Waals surface area contributed by atoms with Crippen molar-refractivity contribution in [1.29, 1.82) is 0 Å². The van der Waals surface area contributed by atoms with Crippen LogP contribution in [0.5, 0.6) is 0 Å². The predicted molar refractivity (Wildman–Crippen MR) is 88.2 cm³/mol. The molecule has 116 valence electrons. The zero-order valence-corrected chi connectivity index (χ0v) is 13.4. The maximum absolute atomic E-state index is 11.5. The first kappa shape index (κ1) is 14.1. The highest BCUT2D eigenvalue weighted by molar-refractivity contribution is 7.13. The molecule has 0 saturated carbocycles. The summed E-state index contributed by atoms with van der Waals surface area (Å²) in [7, 11) is 1.42. The van der Waals surface area contributed by atoms with Crippen LogP contribution in [0, 0.1) is 0 Å². The van der Waals surface area contributed by atoms with Crippen LogP contribution in [0.4, 0.5) is 0 Å². The highest BCUT2D eigenvalue weighted by Gasteiger charge is 2.33. The standard InChI is InChI=1S/C17H15N3O2S/c1-22-15(21)9-8-13-11-5-2-3-6-12(11)17-16(18-19-20(13)17)14-7-4-10-23-14/h2-7,10,13H,8-9H2,1H3. The number of fused-ring (bicyclic) bond motifs is 3. The molecular formula is C17H15N3O2S. The van der Waals surface area contributed by atoms with Gasteiger partial charge in [-0.05, 0) is 23.4 Å². The summed E-state index contributed by atoms with van der Waals surface area (Å²) in [4.78, 5) is 12.6. The van der Waals surface area contributed by atoms with Gasteiger partial charge in [0.15, 0.2) is 0 Å². The van der Waals surface area contributed by atoms with Crippen molar-refractivity contribution < 1.29 is 9.53 Å². The molecule has 0 radical (unpaired) electrons.